The molecule has 1 unspecified atom stereocenters. The molecule has 0 bridgehead atoms. The Morgan fingerprint density at radius 3 is 2.60 bits per heavy atom. The minimum atomic E-state index is -0.818. The van der Waals surface area contributed by atoms with Gasteiger partial charge in [-0.1, -0.05) is 24.3 Å². The van der Waals surface area contributed by atoms with E-state index in [0.717, 1.165) is 17.0 Å². The zero-order valence-corrected chi connectivity index (χ0v) is 11.3. The molecule has 4 heteroatoms. The molecule has 0 radical (unpaired) electrons. The van der Waals surface area contributed by atoms with Crippen LogP contribution in [0.4, 0.5) is 0 Å². The monoisotopic (exact) mass is 271 g/mol. The molecular weight excluding hydrogens is 254 g/mol. The van der Waals surface area contributed by atoms with Crippen LogP contribution in [0, 0.1) is 5.92 Å². The highest BCUT2D eigenvalue weighted by Crippen LogP contribution is 2.22. The number of aliphatic carboxylic acids is 1. The lowest BCUT2D eigenvalue weighted by Gasteiger charge is -2.14. The van der Waals surface area contributed by atoms with E-state index in [2.05, 4.69) is 4.98 Å². The van der Waals surface area contributed by atoms with Crippen molar-refractivity contribution in [2.75, 3.05) is 7.11 Å². The van der Waals surface area contributed by atoms with Gasteiger partial charge in [-0.3, -0.25) is 9.78 Å². The molecule has 4 nitrogen and oxygen atoms in total. The summed E-state index contributed by atoms with van der Waals surface area (Å²) in [6.07, 6.45) is 2.52. The van der Waals surface area contributed by atoms with Gasteiger partial charge in [0.2, 0.25) is 0 Å². The van der Waals surface area contributed by atoms with Gasteiger partial charge in [-0.15, -0.1) is 0 Å². The highest BCUT2D eigenvalue weighted by Gasteiger charge is 2.20. The Bertz CT molecular complexity index is 569. The minimum Gasteiger partial charge on any atom is -0.496 e. The molecule has 0 amide bonds. The molecule has 1 heterocycles. The number of hydrogen-bond donors (Lipinski definition) is 1. The van der Waals surface area contributed by atoms with E-state index < -0.39 is 11.9 Å². The number of carboxylic acid groups (broad SMARTS) is 1. The SMILES string of the molecule is COc1ccccc1CC(Cc1ccccn1)C(=O)O. The second-order valence-corrected chi connectivity index (χ2v) is 4.58. The quantitative estimate of drug-likeness (QED) is 0.877. The smallest absolute Gasteiger partial charge is 0.307 e. The second kappa shape index (κ2) is 6.70. The summed E-state index contributed by atoms with van der Waals surface area (Å²) in [6, 6.07) is 13.0. The van der Waals surface area contributed by atoms with Gasteiger partial charge in [0, 0.05) is 18.3 Å². The molecule has 2 rings (SSSR count). The lowest BCUT2D eigenvalue weighted by molar-refractivity contribution is -0.141. The molecule has 1 atom stereocenters. The Hall–Kier alpha value is -2.36. The molecule has 20 heavy (non-hydrogen) atoms. The summed E-state index contributed by atoms with van der Waals surface area (Å²) >= 11 is 0. The van der Waals surface area contributed by atoms with Gasteiger partial charge in [0.25, 0.3) is 0 Å². The molecule has 1 aromatic carbocycles. The zero-order chi connectivity index (χ0) is 14.4. The van der Waals surface area contributed by atoms with E-state index in [1.165, 1.54) is 0 Å². The van der Waals surface area contributed by atoms with Crippen LogP contribution in [-0.2, 0) is 17.6 Å². The summed E-state index contributed by atoms with van der Waals surface area (Å²) in [5.74, 6) is -0.609. The maximum Gasteiger partial charge on any atom is 0.307 e. The normalized spacial score (nSPS) is 11.8. The number of hydrogen-bond acceptors (Lipinski definition) is 3. The number of methoxy groups -OCH3 is 1. The van der Waals surface area contributed by atoms with Crippen LogP contribution in [0.1, 0.15) is 11.3 Å². The first-order valence-corrected chi connectivity index (χ1v) is 6.45. The van der Waals surface area contributed by atoms with E-state index in [-0.39, 0.29) is 0 Å². The molecule has 104 valence electrons. The van der Waals surface area contributed by atoms with Crippen molar-refractivity contribution in [1.82, 2.24) is 4.98 Å². The van der Waals surface area contributed by atoms with Crippen LogP contribution >= 0.6 is 0 Å². The van der Waals surface area contributed by atoms with Gasteiger partial charge in [0.05, 0.1) is 13.0 Å². The van der Waals surface area contributed by atoms with Gasteiger partial charge in [0.1, 0.15) is 5.75 Å². The minimum absolute atomic E-state index is 0.411. The van der Waals surface area contributed by atoms with E-state index in [4.69, 9.17) is 4.74 Å². The fraction of sp³-hybridized carbons (Fsp3) is 0.250. The topological polar surface area (TPSA) is 59.4 Å². The summed E-state index contributed by atoms with van der Waals surface area (Å²) < 4.78 is 5.27. The fourth-order valence-electron chi connectivity index (χ4n) is 2.16. The third-order valence-corrected chi connectivity index (χ3v) is 3.19. The molecule has 1 aromatic heterocycles. The summed E-state index contributed by atoms with van der Waals surface area (Å²) in [4.78, 5) is 15.6. The molecule has 0 aliphatic heterocycles. The summed E-state index contributed by atoms with van der Waals surface area (Å²) in [7, 11) is 1.59. The largest absolute Gasteiger partial charge is 0.496 e. The van der Waals surface area contributed by atoms with Crippen molar-refractivity contribution in [2.45, 2.75) is 12.8 Å². The highest BCUT2D eigenvalue weighted by atomic mass is 16.5. The molecule has 0 aliphatic carbocycles. The predicted octanol–water partition coefficient (Wildman–Crippen LogP) is 2.58. The van der Waals surface area contributed by atoms with Crippen molar-refractivity contribution in [1.29, 1.82) is 0 Å². The first-order valence-electron chi connectivity index (χ1n) is 6.45. The third kappa shape index (κ3) is 3.57. The van der Waals surface area contributed by atoms with E-state index in [1.807, 2.05) is 42.5 Å². The number of pyridine rings is 1. The van der Waals surface area contributed by atoms with Crippen molar-refractivity contribution in [2.24, 2.45) is 5.92 Å². The number of nitrogens with zero attached hydrogens (tertiary/aromatic N) is 1. The lowest BCUT2D eigenvalue weighted by atomic mass is 9.94. The molecule has 0 spiro atoms. The molecule has 1 N–H and O–H groups in total. The first kappa shape index (κ1) is 14.1. The van der Waals surface area contributed by atoms with E-state index in [0.29, 0.717) is 12.8 Å². The number of benzene rings is 1. The number of carbonyl (C=O) groups is 1. The van der Waals surface area contributed by atoms with Crippen LogP contribution in [0.2, 0.25) is 0 Å². The molecule has 2 aromatic rings. The Balaban J connectivity index is 2.16. The van der Waals surface area contributed by atoms with Crippen molar-refractivity contribution in [3.8, 4) is 5.75 Å². The molecule has 0 aliphatic rings. The maximum atomic E-state index is 11.4. The van der Waals surface area contributed by atoms with Crippen molar-refractivity contribution < 1.29 is 14.6 Å². The van der Waals surface area contributed by atoms with Gasteiger partial charge in [-0.2, -0.15) is 0 Å². The first-order chi connectivity index (χ1) is 9.70. The highest BCUT2D eigenvalue weighted by molar-refractivity contribution is 5.71. The average Bonchev–Trinajstić information content (AvgIpc) is 2.48. The van der Waals surface area contributed by atoms with Gasteiger partial charge in [-0.25, -0.2) is 0 Å². The predicted molar refractivity (Wildman–Crippen MR) is 75.8 cm³/mol. The van der Waals surface area contributed by atoms with Crippen LogP contribution < -0.4 is 4.74 Å². The van der Waals surface area contributed by atoms with Crippen molar-refractivity contribution >= 4 is 5.97 Å². The molecule has 0 saturated heterocycles. The summed E-state index contributed by atoms with van der Waals surface area (Å²) in [5, 5.41) is 9.39. The van der Waals surface area contributed by atoms with Gasteiger partial charge >= 0.3 is 5.97 Å². The lowest BCUT2D eigenvalue weighted by Crippen LogP contribution is -2.20. The standard InChI is InChI=1S/C16H17NO3/c1-20-15-8-3-2-6-12(15)10-13(16(18)19)11-14-7-4-5-9-17-14/h2-9,13H,10-11H2,1H3,(H,18,19). The molecular formula is C16H17NO3. The second-order valence-electron chi connectivity index (χ2n) is 4.58. The Morgan fingerprint density at radius 2 is 1.95 bits per heavy atom. The van der Waals surface area contributed by atoms with E-state index in [9.17, 15) is 9.90 Å². The van der Waals surface area contributed by atoms with Crippen LogP contribution in [-0.4, -0.2) is 23.2 Å². The van der Waals surface area contributed by atoms with Crippen molar-refractivity contribution in [3.05, 3.63) is 59.9 Å². The molecule has 0 fully saturated rings. The number of aromatic nitrogens is 1. The van der Waals surface area contributed by atoms with E-state index in [1.54, 1.807) is 13.3 Å². The fourth-order valence-corrected chi connectivity index (χ4v) is 2.16. The number of ether oxygens (including phenoxy) is 1. The van der Waals surface area contributed by atoms with Crippen LogP contribution in [0.5, 0.6) is 5.75 Å². The van der Waals surface area contributed by atoms with Crippen LogP contribution in [0.25, 0.3) is 0 Å². The van der Waals surface area contributed by atoms with Gasteiger partial charge in [0.15, 0.2) is 0 Å². The number of para-hydroxylation sites is 1. The summed E-state index contributed by atoms with van der Waals surface area (Å²) in [5.41, 5.74) is 1.69. The van der Waals surface area contributed by atoms with E-state index >= 15 is 0 Å². The Morgan fingerprint density at radius 1 is 1.20 bits per heavy atom. The maximum absolute atomic E-state index is 11.4. The zero-order valence-electron chi connectivity index (χ0n) is 11.3. The average molecular weight is 271 g/mol. The van der Waals surface area contributed by atoms with Crippen LogP contribution in [0.3, 0.4) is 0 Å². The third-order valence-electron chi connectivity index (χ3n) is 3.19. The Labute approximate surface area is 118 Å². The Kier molecular flexibility index (Phi) is 4.71. The number of carboxylic acids is 1. The van der Waals surface area contributed by atoms with Gasteiger partial charge < -0.3 is 9.84 Å². The summed E-state index contributed by atoms with van der Waals surface area (Å²) in [6.45, 7) is 0. The molecule has 0 saturated carbocycles. The number of rotatable bonds is 6. The van der Waals surface area contributed by atoms with Crippen molar-refractivity contribution in [3.63, 3.8) is 0 Å². The van der Waals surface area contributed by atoms with Crippen LogP contribution in [0.15, 0.2) is 48.7 Å². The van der Waals surface area contributed by atoms with Gasteiger partial charge in [-0.05, 0) is 30.2 Å².